The fourth-order valence-electron chi connectivity index (χ4n) is 3.94. The van der Waals surface area contributed by atoms with Gasteiger partial charge in [-0.1, -0.05) is 51.2 Å². The number of hydrogen-bond acceptors (Lipinski definition) is 2. The van der Waals surface area contributed by atoms with Gasteiger partial charge in [0.1, 0.15) is 0 Å². The number of rotatable bonds is 5. The lowest BCUT2D eigenvalue weighted by Crippen LogP contribution is -2.47. The summed E-state index contributed by atoms with van der Waals surface area (Å²) >= 11 is 5.15. The molecule has 0 aliphatic heterocycles. The molecule has 4 heteroatoms. The van der Waals surface area contributed by atoms with Crippen molar-refractivity contribution in [1.82, 2.24) is 5.32 Å². The Labute approximate surface area is 128 Å². The Morgan fingerprint density at radius 3 is 2.60 bits per heavy atom. The molecule has 0 aromatic carbocycles. The van der Waals surface area contributed by atoms with E-state index in [0.717, 1.165) is 50.5 Å². The van der Waals surface area contributed by atoms with Crippen molar-refractivity contribution in [3.8, 4) is 0 Å². The first-order valence-electron chi connectivity index (χ1n) is 8.13. The highest BCUT2D eigenvalue weighted by Gasteiger charge is 2.43. The minimum atomic E-state index is -0.546. The quantitative estimate of drug-likeness (QED) is 0.766. The average molecular weight is 296 g/mol. The summed E-state index contributed by atoms with van der Waals surface area (Å²) in [6.07, 6.45) is 10.2. The second-order valence-corrected chi connectivity index (χ2v) is 7.28. The molecule has 1 amide bonds. The number of carbonyl (C=O) groups is 1. The molecule has 2 fully saturated rings. The molecular formula is C16H28N2OS. The zero-order chi connectivity index (χ0) is 14.6. The van der Waals surface area contributed by atoms with Gasteiger partial charge in [-0.15, -0.1) is 0 Å². The lowest BCUT2D eigenvalue weighted by atomic mass is 9.80. The highest BCUT2D eigenvalue weighted by atomic mass is 32.1. The molecule has 2 unspecified atom stereocenters. The van der Waals surface area contributed by atoms with E-state index >= 15 is 0 Å². The molecule has 0 bridgehead atoms. The van der Waals surface area contributed by atoms with Gasteiger partial charge in [0.25, 0.3) is 0 Å². The van der Waals surface area contributed by atoms with Gasteiger partial charge >= 0.3 is 0 Å². The molecule has 2 aliphatic carbocycles. The van der Waals surface area contributed by atoms with Crippen LogP contribution in [0.3, 0.4) is 0 Å². The highest BCUT2D eigenvalue weighted by molar-refractivity contribution is 7.80. The van der Waals surface area contributed by atoms with Crippen molar-refractivity contribution in [1.29, 1.82) is 0 Å². The number of nitrogens with one attached hydrogen (secondary N) is 1. The van der Waals surface area contributed by atoms with Gasteiger partial charge in [-0.3, -0.25) is 4.79 Å². The summed E-state index contributed by atoms with van der Waals surface area (Å²) in [4.78, 5) is 12.8. The normalized spacial score (nSPS) is 29.1. The molecule has 0 saturated heterocycles. The highest BCUT2D eigenvalue weighted by Crippen LogP contribution is 2.38. The van der Waals surface area contributed by atoms with Crippen LogP contribution in [0.5, 0.6) is 0 Å². The van der Waals surface area contributed by atoms with Gasteiger partial charge in [-0.25, -0.2) is 0 Å². The molecule has 0 radical (unpaired) electrons. The third-order valence-electron chi connectivity index (χ3n) is 5.25. The first-order chi connectivity index (χ1) is 9.54. The third-order valence-corrected chi connectivity index (χ3v) is 5.64. The van der Waals surface area contributed by atoms with E-state index in [4.69, 9.17) is 18.0 Å². The van der Waals surface area contributed by atoms with Gasteiger partial charge in [0.15, 0.2) is 0 Å². The molecule has 20 heavy (non-hydrogen) atoms. The molecule has 0 aromatic heterocycles. The van der Waals surface area contributed by atoms with E-state index in [9.17, 15) is 4.79 Å². The van der Waals surface area contributed by atoms with Crippen LogP contribution in [0.2, 0.25) is 0 Å². The topological polar surface area (TPSA) is 55.1 Å². The van der Waals surface area contributed by atoms with Crippen LogP contribution in [-0.2, 0) is 4.79 Å². The van der Waals surface area contributed by atoms with E-state index in [-0.39, 0.29) is 5.91 Å². The van der Waals surface area contributed by atoms with Crippen LogP contribution in [0.25, 0.3) is 0 Å². The Kier molecular flexibility index (Phi) is 5.42. The minimum absolute atomic E-state index is 0.0753. The molecule has 2 saturated carbocycles. The molecule has 2 rings (SSSR count). The molecule has 3 N–H and O–H groups in total. The summed E-state index contributed by atoms with van der Waals surface area (Å²) in [5.74, 6) is 1.71. The van der Waals surface area contributed by atoms with Gasteiger partial charge in [0, 0.05) is 6.54 Å². The fourth-order valence-corrected chi connectivity index (χ4v) is 4.24. The molecule has 2 atom stereocenters. The van der Waals surface area contributed by atoms with Crippen LogP contribution in [0.15, 0.2) is 0 Å². The van der Waals surface area contributed by atoms with Crippen LogP contribution < -0.4 is 11.1 Å². The Balaban J connectivity index is 1.78. The minimum Gasteiger partial charge on any atom is -0.392 e. The summed E-state index contributed by atoms with van der Waals surface area (Å²) in [5, 5.41) is 3.10. The first kappa shape index (κ1) is 15.7. The van der Waals surface area contributed by atoms with Gasteiger partial charge in [0.05, 0.1) is 10.4 Å². The Hall–Kier alpha value is -0.640. The summed E-state index contributed by atoms with van der Waals surface area (Å²) in [6, 6.07) is 0. The SMILES string of the molecule is CC1CCCC(CCNC(=O)C2(C(N)=S)CCCC2)C1. The Morgan fingerprint density at radius 2 is 2.00 bits per heavy atom. The van der Waals surface area contributed by atoms with Crippen molar-refractivity contribution in [2.45, 2.75) is 64.7 Å². The van der Waals surface area contributed by atoms with Crippen molar-refractivity contribution < 1.29 is 4.79 Å². The lowest BCUT2D eigenvalue weighted by molar-refractivity contribution is -0.127. The first-order valence-corrected chi connectivity index (χ1v) is 8.53. The van der Waals surface area contributed by atoms with E-state index in [1.54, 1.807) is 0 Å². The van der Waals surface area contributed by atoms with Gasteiger partial charge in [-0.05, 0) is 37.5 Å². The maximum absolute atomic E-state index is 12.4. The summed E-state index contributed by atoms with van der Waals surface area (Å²) in [6.45, 7) is 3.12. The van der Waals surface area contributed by atoms with E-state index in [2.05, 4.69) is 12.2 Å². The number of amides is 1. The predicted octanol–water partition coefficient (Wildman–Crippen LogP) is 3.17. The Morgan fingerprint density at radius 1 is 1.30 bits per heavy atom. The Bertz CT molecular complexity index is 363. The smallest absolute Gasteiger partial charge is 0.233 e. The summed E-state index contributed by atoms with van der Waals surface area (Å²) < 4.78 is 0. The maximum atomic E-state index is 12.4. The molecular weight excluding hydrogens is 268 g/mol. The number of thiocarbonyl (C=S) groups is 1. The molecule has 0 aromatic rings. The van der Waals surface area contributed by atoms with E-state index in [1.165, 1.54) is 25.7 Å². The second-order valence-electron chi connectivity index (χ2n) is 6.84. The number of carbonyl (C=O) groups excluding carboxylic acids is 1. The van der Waals surface area contributed by atoms with Gasteiger partial charge in [-0.2, -0.15) is 0 Å². The largest absolute Gasteiger partial charge is 0.392 e. The van der Waals surface area contributed by atoms with Gasteiger partial charge in [0.2, 0.25) is 5.91 Å². The fraction of sp³-hybridized carbons (Fsp3) is 0.875. The van der Waals surface area contributed by atoms with Crippen LogP contribution in [0, 0.1) is 17.3 Å². The standard InChI is InChI=1S/C16H28N2OS/c1-12-5-4-6-13(11-12)7-10-18-15(19)16(14(17)20)8-2-3-9-16/h12-13H,2-11H2,1H3,(H2,17,20)(H,18,19). The van der Waals surface area contributed by atoms with Gasteiger partial charge < -0.3 is 11.1 Å². The van der Waals surface area contributed by atoms with Crippen LogP contribution in [0.4, 0.5) is 0 Å². The molecule has 3 nitrogen and oxygen atoms in total. The third kappa shape index (κ3) is 3.51. The van der Waals surface area contributed by atoms with Crippen LogP contribution >= 0.6 is 12.2 Å². The monoisotopic (exact) mass is 296 g/mol. The van der Waals surface area contributed by atoms with Crippen molar-refractivity contribution in [2.24, 2.45) is 23.0 Å². The summed E-state index contributed by atoms with van der Waals surface area (Å²) in [5.41, 5.74) is 5.29. The number of hydrogen-bond donors (Lipinski definition) is 2. The zero-order valence-corrected chi connectivity index (χ0v) is 13.4. The van der Waals surface area contributed by atoms with Crippen molar-refractivity contribution in [3.05, 3.63) is 0 Å². The molecule has 0 spiro atoms. The lowest BCUT2D eigenvalue weighted by Gasteiger charge is -2.29. The average Bonchev–Trinajstić information content (AvgIpc) is 2.89. The van der Waals surface area contributed by atoms with E-state index in [0.29, 0.717) is 4.99 Å². The maximum Gasteiger partial charge on any atom is 0.233 e. The van der Waals surface area contributed by atoms with Crippen LogP contribution in [-0.4, -0.2) is 17.4 Å². The second kappa shape index (κ2) is 6.88. The molecule has 2 aliphatic rings. The van der Waals surface area contributed by atoms with Crippen molar-refractivity contribution >= 4 is 23.1 Å². The predicted molar refractivity (Wildman–Crippen MR) is 86.4 cm³/mol. The molecule has 114 valence electrons. The zero-order valence-electron chi connectivity index (χ0n) is 12.6. The summed E-state index contributed by atoms with van der Waals surface area (Å²) in [7, 11) is 0. The van der Waals surface area contributed by atoms with Crippen molar-refractivity contribution in [2.75, 3.05) is 6.54 Å². The van der Waals surface area contributed by atoms with Crippen LogP contribution in [0.1, 0.15) is 64.7 Å². The van der Waals surface area contributed by atoms with E-state index < -0.39 is 5.41 Å². The van der Waals surface area contributed by atoms with E-state index in [1.807, 2.05) is 0 Å². The number of nitrogens with two attached hydrogens (primary N) is 1. The molecule has 0 heterocycles. The van der Waals surface area contributed by atoms with Crippen molar-refractivity contribution in [3.63, 3.8) is 0 Å².